The van der Waals surface area contributed by atoms with E-state index < -0.39 is 10.0 Å². The Morgan fingerprint density at radius 2 is 1.79 bits per heavy atom. The van der Waals surface area contributed by atoms with Crippen molar-refractivity contribution in [1.29, 1.82) is 0 Å². The van der Waals surface area contributed by atoms with Gasteiger partial charge in [0.25, 0.3) is 0 Å². The van der Waals surface area contributed by atoms with E-state index in [9.17, 15) is 8.42 Å². The van der Waals surface area contributed by atoms with Crippen LogP contribution in [0.4, 0.5) is 0 Å². The number of aliphatic hydroxyl groups excluding tert-OH is 1. The Bertz CT molecular complexity index is 460. The average molecular weight is 288 g/mol. The molecule has 0 unspecified atom stereocenters. The molecule has 1 heterocycles. The van der Waals surface area contributed by atoms with Gasteiger partial charge in [0.15, 0.2) is 0 Å². The summed E-state index contributed by atoms with van der Waals surface area (Å²) in [6.45, 7) is 5.02. The minimum absolute atomic E-state index is 0.181. The number of nitrogens with one attached hydrogen (secondary N) is 1. The van der Waals surface area contributed by atoms with Crippen LogP contribution in [0.2, 0.25) is 0 Å². The van der Waals surface area contributed by atoms with Gasteiger partial charge in [0, 0.05) is 25.0 Å². The van der Waals surface area contributed by atoms with E-state index in [2.05, 4.69) is 4.98 Å². The monoisotopic (exact) mass is 288 g/mol. The predicted molar refractivity (Wildman–Crippen MR) is 75.3 cm³/mol. The standard InChI is InChI=1S/C13H24N2O3S/c1-3-5-7-15(8-6-4-2)19(17,18)13-9-12(11-16)14-10-13/h9-10,14,16H,3-8,11H2,1-2H3. The zero-order valence-electron chi connectivity index (χ0n) is 11.7. The van der Waals surface area contributed by atoms with Crippen molar-refractivity contribution in [3.8, 4) is 0 Å². The van der Waals surface area contributed by atoms with E-state index in [4.69, 9.17) is 5.11 Å². The van der Waals surface area contributed by atoms with Crippen molar-refractivity contribution in [2.45, 2.75) is 51.0 Å². The summed E-state index contributed by atoms with van der Waals surface area (Å²) >= 11 is 0. The van der Waals surface area contributed by atoms with E-state index in [0.717, 1.165) is 25.7 Å². The molecular formula is C13H24N2O3S. The SMILES string of the molecule is CCCCN(CCCC)S(=O)(=O)c1c[nH]c(CO)c1. The number of H-pyrrole nitrogens is 1. The Hall–Kier alpha value is -0.850. The molecule has 5 nitrogen and oxygen atoms in total. The second kappa shape index (κ2) is 7.67. The van der Waals surface area contributed by atoms with Crippen molar-refractivity contribution in [1.82, 2.24) is 9.29 Å². The summed E-state index contributed by atoms with van der Waals surface area (Å²) in [6, 6.07) is 1.50. The molecular weight excluding hydrogens is 264 g/mol. The van der Waals surface area contributed by atoms with E-state index in [1.807, 2.05) is 13.8 Å². The number of hydrogen-bond acceptors (Lipinski definition) is 3. The van der Waals surface area contributed by atoms with Crippen LogP contribution in [0.3, 0.4) is 0 Å². The second-order valence-corrected chi connectivity index (χ2v) is 6.57. The highest BCUT2D eigenvalue weighted by atomic mass is 32.2. The van der Waals surface area contributed by atoms with Crippen LogP contribution < -0.4 is 0 Å². The Morgan fingerprint density at radius 3 is 2.21 bits per heavy atom. The first kappa shape index (κ1) is 16.2. The number of hydrogen-bond donors (Lipinski definition) is 2. The lowest BCUT2D eigenvalue weighted by molar-refractivity contribution is 0.277. The Balaban J connectivity index is 2.90. The molecule has 1 aromatic rings. The Kier molecular flexibility index (Phi) is 6.54. The van der Waals surface area contributed by atoms with Gasteiger partial charge in [-0.05, 0) is 18.9 Å². The van der Waals surface area contributed by atoms with Crippen LogP contribution in [-0.4, -0.2) is 35.9 Å². The van der Waals surface area contributed by atoms with Crippen LogP contribution in [0, 0.1) is 0 Å². The molecule has 0 fully saturated rings. The van der Waals surface area contributed by atoms with E-state index in [-0.39, 0.29) is 11.5 Å². The fourth-order valence-electron chi connectivity index (χ4n) is 1.83. The second-order valence-electron chi connectivity index (χ2n) is 4.63. The third kappa shape index (κ3) is 4.33. The molecule has 0 atom stereocenters. The summed E-state index contributed by atoms with van der Waals surface area (Å²) in [7, 11) is -3.44. The quantitative estimate of drug-likeness (QED) is 0.731. The molecule has 1 aromatic heterocycles. The van der Waals surface area contributed by atoms with Gasteiger partial charge in [-0.15, -0.1) is 0 Å². The number of sulfonamides is 1. The summed E-state index contributed by atoms with van der Waals surface area (Å²) in [4.78, 5) is 3.01. The van der Waals surface area contributed by atoms with Crippen molar-refractivity contribution in [2.75, 3.05) is 13.1 Å². The van der Waals surface area contributed by atoms with Gasteiger partial charge in [-0.3, -0.25) is 0 Å². The zero-order chi connectivity index (χ0) is 14.3. The smallest absolute Gasteiger partial charge is 0.244 e. The lowest BCUT2D eigenvalue weighted by atomic mass is 10.3. The number of aromatic amines is 1. The molecule has 1 rings (SSSR count). The molecule has 0 saturated carbocycles. The van der Waals surface area contributed by atoms with Crippen LogP contribution >= 0.6 is 0 Å². The predicted octanol–water partition coefficient (Wildman–Crippen LogP) is 2.10. The molecule has 0 aliphatic heterocycles. The van der Waals surface area contributed by atoms with Crippen LogP contribution in [0.25, 0.3) is 0 Å². The molecule has 19 heavy (non-hydrogen) atoms. The van der Waals surface area contributed by atoms with E-state index in [1.165, 1.54) is 12.3 Å². The number of unbranched alkanes of at least 4 members (excludes halogenated alkanes) is 2. The molecule has 0 aliphatic rings. The molecule has 6 heteroatoms. The van der Waals surface area contributed by atoms with Gasteiger partial charge in [-0.25, -0.2) is 8.42 Å². The molecule has 0 aliphatic carbocycles. The minimum atomic E-state index is -3.44. The Labute approximate surface area is 115 Å². The highest BCUT2D eigenvalue weighted by Crippen LogP contribution is 2.18. The molecule has 2 N–H and O–H groups in total. The first-order valence-electron chi connectivity index (χ1n) is 6.84. The van der Waals surface area contributed by atoms with Crippen LogP contribution in [0.15, 0.2) is 17.2 Å². The maximum Gasteiger partial charge on any atom is 0.244 e. The first-order chi connectivity index (χ1) is 9.06. The largest absolute Gasteiger partial charge is 0.390 e. The molecule has 0 aromatic carbocycles. The highest BCUT2D eigenvalue weighted by Gasteiger charge is 2.24. The number of rotatable bonds is 9. The van der Waals surface area contributed by atoms with Crippen LogP contribution in [0.5, 0.6) is 0 Å². The zero-order valence-corrected chi connectivity index (χ0v) is 12.5. The lowest BCUT2D eigenvalue weighted by Gasteiger charge is -2.21. The van der Waals surface area contributed by atoms with E-state index in [1.54, 1.807) is 4.31 Å². The summed E-state index contributed by atoms with van der Waals surface area (Å²) < 4.78 is 26.5. The van der Waals surface area contributed by atoms with Gasteiger partial charge in [-0.1, -0.05) is 26.7 Å². The molecule has 0 amide bonds. The Morgan fingerprint density at radius 1 is 1.21 bits per heavy atom. The average Bonchev–Trinajstić information content (AvgIpc) is 2.88. The number of aliphatic hydroxyl groups is 1. The van der Waals surface area contributed by atoms with Gasteiger partial charge in [0.2, 0.25) is 10.0 Å². The van der Waals surface area contributed by atoms with Crippen molar-refractivity contribution in [3.63, 3.8) is 0 Å². The molecule has 0 radical (unpaired) electrons. The highest BCUT2D eigenvalue weighted by molar-refractivity contribution is 7.89. The van der Waals surface area contributed by atoms with Crippen LogP contribution in [-0.2, 0) is 16.6 Å². The maximum atomic E-state index is 12.5. The molecule has 110 valence electrons. The molecule has 0 spiro atoms. The van der Waals surface area contributed by atoms with E-state index >= 15 is 0 Å². The van der Waals surface area contributed by atoms with Gasteiger partial charge in [0.1, 0.15) is 0 Å². The van der Waals surface area contributed by atoms with Crippen molar-refractivity contribution >= 4 is 10.0 Å². The summed E-state index contributed by atoms with van der Waals surface area (Å²) in [6.07, 6.45) is 5.10. The lowest BCUT2D eigenvalue weighted by Crippen LogP contribution is -2.32. The van der Waals surface area contributed by atoms with Crippen molar-refractivity contribution in [2.24, 2.45) is 0 Å². The van der Waals surface area contributed by atoms with Crippen molar-refractivity contribution < 1.29 is 13.5 Å². The summed E-state index contributed by atoms with van der Waals surface area (Å²) in [5.74, 6) is 0. The first-order valence-corrected chi connectivity index (χ1v) is 8.28. The minimum Gasteiger partial charge on any atom is -0.390 e. The molecule has 0 bridgehead atoms. The van der Waals surface area contributed by atoms with Gasteiger partial charge >= 0.3 is 0 Å². The van der Waals surface area contributed by atoms with E-state index in [0.29, 0.717) is 18.8 Å². The topological polar surface area (TPSA) is 73.4 Å². The maximum absolute atomic E-state index is 12.5. The third-order valence-corrected chi connectivity index (χ3v) is 4.92. The number of nitrogens with zero attached hydrogens (tertiary/aromatic N) is 1. The van der Waals surface area contributed by atoms with Crippen LogP contribution in [0.1, 0.15) is 45.2 Å². The van der Waals surface area contributed by atoms with Gasteiger partial charge in [-0.2, -0.15) is 4.31 Å². The normalized spacial score (nSPS) is 12.2. The third-order valence-electron chi connectivity index (χ3n) is 3.05. The van der Waals surface area contributed by atoms with Crippen molar-refractivity contribution in [3.05, 3.63) is 18.0 Å². The molecule has 0 saturated heterocycles. The fourth-order valence-corrected chi connectivity index (χ4v) is 3.37. The van der Waals surface area contributed by atoms with Gasteiger partial charge < -0.3 is 10.1 Å². The van der Waals surface area contributed by atoms with Gasteiger partial charge in [0.05, 0.1) is 11.5 Å². The summed E-state index contributed by atoms with van der Waals surface area (Å²) in [5.41, 5.74) is 0.518. The number of aromatic nitrogens is 1. The summed E-state index contributed by atoms with van der Waals surface area (Å²) in [5, 5.41) is 9.00. The fraction of sp³-hybridized carbons (Fsp3) is 0.692.